The van der Waals surface area contributed by atoms with Crippen LogP contribution in [0.15, 0.2) is 176 Å². The van der Waals surface area contributed by atoms with Gasteiger partial charge in [-0.05, 0) is 152 Å². The van der Waals surface area contributed by atoms with Gasteiger partial charge in [-0.15, -0.1) is 22.7 Å². The van der Waals surface area contributed by atoms with Crippen molar-refractivity contribution in [1.29, 1.82) is 0 Å². The fourth-order valence-corrected chi connectivity index (χ4v) is 17.2. The quantitative estimate of drug-likeness (QED) is 0.163. The van der Waals surface area contributed by atoms with Crippen molar-refractivity contribution in [2.75, 3.05) is 14.7 Å². The van der Waals surface area contributed by atoms with Gasteiger partial charge in [0.1, 0.15) is 0 Å². The number of hydrogen-bond donors (Lipinski definition) is 0. The van der Waals surface area contributed by atoms with Gasteiger partial charge >= 0.3 is 0 Å². The Hall–Kier alpha value is -7.12. The molecule has 1 aliphatic carbocycles. The number of fused-ring (bicyclic) bond motifs is 13. The normalized spacial score (nSPS) is 18.7. The SMILES string of the molecule is CC(C)(C)c1ccc2c(c1)B1c3cc4c(cc3N(c3ccc(C(C)(C)C)cc3-c3ccccc3)c3cc(N5c6ccc(C(C)(C)C)cc6C6(C)CCCCC56C)cc(c31)N2c1cccc2sc3ccccc3c12)sc1ccccc14. The van der Waals surface area contributed by atoms with Crippen LogP contribution in [0, 0.1) is 0 Å². The van der Waals surface area contributed by atoms with Crippen LogP contribution in [-0.4, -0.2) is 12.3 Å². The molecule has 0 spiro atoms. The van der Waals surface area contributed by atoms with E-state index in [1.54, 1.807) is 0 Å². The minimum absolute atomic E-state index is 0.0230. The van der Waals surface area contributed by atoms with Crippen molar-refractivity contribution in [2.45, 2.75) is 129 Å². The summed E-state index contributed by atoms with van der Waals surface area (Å²) in [7, 11) is 0. The predicted molar refractivity (Wildman–Crippen MR) is 351 cm³/mol. The topological polar surface area (TPSA) is 9.72 Å². The molecule has 5 heterocycles. The minimum atomic E-state index is -0.183. The van der Waals surface area contributed by atoms with Crippen molar-refractivity contribution in [1.82, 2.24) is 0 Å². The summed E-state index contributed by atoms with van der Waals surface area (Å²) in [5.41, 5.74) is 21.8. The highest BCUT2D eigenvalue weighted by atomic mass is 32.1. The van der Waals surface area contributed by atoms with E-state index in [0.29, 0.717) is 0 Å². The summed E-state index contributed by atoms with van der Waals surface area (Å²) in [5, 5.41) is 5.27. The Labute approximate surface area is 481 Å². The Balaban J connectivity index is 1.13. The van der Waals surface area contributed by atoms with Crippen molar-refractivity contribution in [2.24, 2.45) is 0 Å². The molecule has 11 aromatic rings. The average molecular weight is 1080 g/mol. The monoisotopic (exact) mass is 1080 g/mol. The molecule has 0 amide bonds. The zero-order valence-corrected chi connectivity index (χ0v) is 49.9. The van der Waals surface area contributed by atoms with Crippen LogP contribution in [0.5, 0.6) is 0 Å². The van der Waals surface area contributed by atoms with E-state index in [1.165, 1.54) is 148 Å². The van der Waals surface area contributed by atoms with Gasteiger partial charge in [0, 0.05) is 80.1 Å². The van der Waals surface area contributed by atoms with E-state index in [4.69, 9.17) is 0 Å². The first kappa shape index (κ1) is 49.9. The number of nitrogens with zero attached hydrogens (tertiary/aromatic N) is 3. The van der Waals surface area contributed by atoms with Crippen molar-refractivity contribution in [3.8, 4) is 11.1 Å². The molecule has 3 aliphatic heterocycles. The zero-order chi connectivity index (χ0) is 55.0. The van der Waals surface area contributed by atoms with Crippen molar-refractivity contribution in [3.63, 3.8) is 0 Å². The van der Waals surface area contributed by atoms with Crippen LogP contribution >= 0.6 is 22.7 Å². The third-order valence-corrected chi connectivity index (χ3v) is 21.7. The van der Waals surface area contributed by atoms with Gasteiger partial charge in [-0.3, -0.25) is 0 Å². The molecule has 0 radical (unpaired) electrons. The second kappa shape index (κ2) is 17.2. The molecule has 0 saturated heterocycles. The fourth-order valence-electron chi connectivity index (χ4n) is 14.9. The number of thiophene rings is 2. The molecule has 1 saturated carbocycles. The number of hydrogen-bond acceptors (Lipinski definition) is 5. The molecule has 3 nitrogen and oxygen atoms in total. The fraction of sp³-hybridized carbons (Fsp3) is 0.270. The summed E-state index contributed by atoms with van der Waals surface area (Å²) in [6, 6.07) is 69.3. The molecule has 9 aromatic carbocycles. The first-order valence-corrected chi connectivity index (χ1v) is 30.9. The van der Waals surface area contributed by atoms with E-state index in [2.05, 4.69) is 267 Å². The van der Waals surface area contributed by atoms with Crippen LogP contribution in [0.25, 0.3) is 51.5 Å². The predicted octanol–water partition coefficient (Wildman–Crippen LogP) is 19.8. The highest BCUT2D eigenvalue weighted by molar-refractivity contribution is 7.26. The largest absolute Gasteiger partial charge is 0.334 e. The second-order valence-electron chi connectivity index (χ2n) is 27.3. The second-order valence-corrected chi connectivity index (χ2v) is 29.4. The first-order chi connectivity index (χ1) is 38.3. The van der Waals surface area contributed by atoms with Gasteiger partial charge in [-0.2, -0.15) is 0 Å². The average Bonchev–Trinajstić information content (AvgIpc) is 4.19. The van der Waals surface area contributed by atoms with Gasteiger partial charge in [0.2, 0.25) is 0 Å². The Morgan fingerprint density at radius 1 is 0.425 bits per heavy atom. The number of rotatable bonds is 4. The number of anilines is 8. The van der Waals surface area contributed by atoms with Gasteiger partial charge in [-0.25, -0.2) is 0 Å². The van der Waals surface area contributed by atoms with Gasteiger partial charge in [-0.1, -0.05) is 191 Å². The van der Waals surface area contributed by atoms with Gasteiger partial charge in [0.05, 0.1) is 16.9 Å². The molecular formula is C74H70BN3S2. The van der Waals surface area contributed by atoms with Crippen molar-refractivity contribution >= 4 is 132 Å². The third kappa shape index (κ3) is 7.16. The maximum Gasteiger partial charge on any atom is 0.252 e. The lowest BCUT2D eigenvalue weighted by atomic mass is 9.33. The van der Waals surface area contributed by atoms with Crippen LogP contribution < -0.4 is 31.1 Å². The van der Waals surface area contributed by atoms with Crippen LogP contribution in [0.1, 0.15) is 124 Å². The minimum Gasteiger partial charge on any atom is -0.334 e. The summed E-state index contributed by atoms with van der Waals surface area (Å²) in [5.74, 6) is 0. The van der Waals surface area contributed by atoms with Crippen LogP contribution in [0.2, 0.25) is 0 Å². The molecule has 6 heteroatoms. The van der Waals surface area contributed by atoms with Crippen LogP contribution in [0.3, 0.4) is 0 Å². The van der Waals surface area contributed by atoms with E-state index in [1.807, 2.05) is 22.7 Å². The molecule has 4 aliphatic rings. The summed E-state index contributed by atoms with van der Waals surface area (Å²) in [4.78, 5) is 8.29. The van der Waals surface area contributed by atoms with Crippen LogP contribution in [-0.2, 0) is 21.7 Å². The molecule has 0 bridgehead atoms. The summed E-state index contributed by atoms with van der Waals surface area (Å²) < 4.78 is 5.26. The maximum absolute atomic E-state index is 2.85. The van der Waals surface area contributed by atoms with E-state index in [9.17, 15) is 0 Å². The summed E-state index contributed by atoms with van der Waals surface area (Å²) in [6.45, 7) is 26.4. The lowest BCUT2D eigenvalue weighted by molar-refractivity contribution is 0.195. The molecule has 15 rings (SSSR count). The molecule has 396 valence electrons. The Kier molecular flexibility index (Phi) is 10.7. The molecule has 2 unspecified atom stereocenters. The smallest absolute Gasteiger partial charge is 0.252 e. The van der Waals surface area contributed by atoms with Crippen molar-refractivity contribution in [3.05, 3.63) is 198 Å². The number of benzene rings is 9. The van der Waals surface area contributed by atoms with E-state index >= 15 is 0 Å². The summed E-state index contributed by atoms with van der Waals surface area (Å²) in [6.07, 6.45) is 4.72. The summed E-state index contributed by atoms with van der Waals surface area (Å²) >= 11 is 3.83. The highest BCUT2D eigenvalue weighted by Crippen LogP contribution is 2.63. The molecule has 0 N–H and O–H groups in total. The zero-order valence-electron chi connectivity index (χ0n) is 48.3. The molecule has 80 heavy (non-hydrogen) atoms. The molecule has 2 atom stereocenters. The van der Waals surface area contributed by atoms with E-state index < -0.39 is 0 Å². The van der Waals surface area contributed by atoms with Gasteiger partial charge < -0.3 is 14.7 Å². The molecule has 2 aromatic heterocycles. The van der Waals surface area contributed by atoms with E-state index in [-0.39, 0.29) is 33.9 Å². The molecular weight excluding hydrogens is 1010 g/mol. The van der Waals surface area contributed by atoms with Gasteiger partial charge in [0.25, 0.3) is 6.71 Å². The molecule has 1 fully saturated rings. The highest BCUT2D eigenvalue weighted by Gasteiger charge is 2.58. The Morgan fingerprint density at radius 2 is 0.988 bits per heavy atom. The Bertz CT molecular complexity index is 4390. The van der Waals surface area contributed by atoms with Crippen molar-refractivity contribution < 1.29 is 0 Å². The lowest BCUT2D eigenvalue weighted by Crippen LogP contribution is -2.61. The third-order valence-electron chi connectivity index (χ3n) is 19.5. The van der Waals surface area contributed by atoms with Gasteiger partial charge in [0.15, 0.2) is 0 Å². The maximum atomic E-state index is 2.85. The standard InChI is InChI=1S/C74H70BN3S2/c1-70(2,3)46-30-33-57(52(38-46)45-22-13-12-14-23-45)76-61-44-67-53(50-24-15-17-27-64(50)80-67)43-56(61)75-55-40-48(72(7,8)9)32-35-59(55)77(60-26-21-29-66-68(60)51-25-16-18-28-65(51)79-66)63-42-49(41-62(76)69(63)75)78-58-34-31-47(71(4,5)6)39-54(58)73(10)36-19-20-37-74(73,78)11/h12-18,21-35,38-44H,19-20,36-37H2,1-11H3. The lowest BCUT2D eigenvalue weighted by Gasteiger charge is -2.51. The van der Waals surface area contributed by atoms with Crippen LogP contribution in [0.4, 0.5) is 45.5 Å². The first-order valence-electron chi connectivity index (χ1n) is 29.2. The van der Waals surface area contributed by atoms with E-state index in [0.717, 1.165) is 12.8 Å². The Morgan fingerprint density at radius 3 is 1.70 bits per heavy atom.